The second kappa shape index (κ2) is 6.76. The molecule has 1 fully saturated rings. The summed E-state index contributed by atoms with van der Waals surface area (Å²) < 4.78 is 1.17. The molecule has 0 spiro atoms. The molecule has 2 atom stereocenters. The van der Waals surface area contributed by atoms with Crippen molar-refractivity contribution in [1.82, 2.24) is 5.32 Å². The summed E-state index contributed by atoms with van der Waals surface area (Å²) in [5.74, 6) is 0.778. The van der Waals surface area contributed by atoms with Crippen LogP contribution in [0.25, 0.3) is 0 Å². The van der Waals surface area contributed by atoms with Gasteiger partial charge in [0.1, 0.15) is 0 Å². The zero-order chi connectivity index (χ0) is 13.8. The Balaban J connectivity index is 2.28. The largest absolute Gasteiger partial charge is 0.368 e. The van der Waals surface area contributed by atoms with Crippen molar-refractivity contribution in [3.8, 4) is 0 Å². The molecule has 0 radical (unpaired) electrons. The first-order valence-corrected chi connectivity index (χ1v) is 8.18. The van der Waals surface area contributed by atoms with Gasteiger partial charge in [0.05, 0.1) is 0 Å². The number of benzene rings is 1. The van der Waals surface area contributed by atoms with E-state index in [2.05, 4.69) is 65.1 Å². The van der Waals surface area contributed by atoms with Gasteiger partial charge in [-0.2, -0.15) is 0 Å². The van der Waals surface area contributed by atoms with Crippen LogP contribution in [0.15, 0.2) is 22.7 Å². The Kier molecular flexibility index (Phi) is 5.28. The van der Waals surface area contributed by atoms with E-state index in [-0.39, 0.29) is 0 Å². The zero-order valence-corrected chi connectivity index (χ0v) is 13.8. The van der Waals surface area contributed by atoms with E-state index < -0.39 is 0 Å². The number of anilines is 1. The SMILES string of the molecule is CCNCc1ccc(Br)cc1N1CCCC(C)C1C. The molecule has 1 aromatic rings. The predicted molar refractivity (Wildman–Crippen MR) is 86.7 cm³/mol. The van der Waals surface area contributed by atoms with Crippen LogP contribution in [0.5, 0.6) is 0 Å². The molecule has 2 rings (SSSR count). The molecule has 2 unspecified atom stereocenters. The standard InChI is InChI=1S/C16H25BrN2/c1-4-18-11-14-7-8-15(17)10-16(14)19-9-5-6-12(2)13(19)3/h7-8,10,12-13,18H,4-6,9,11H2,1-3H3. The van der Waals surface area contributed by atoms with Crippen LogP contribution in [-0.2, 0) is 6.54 Å². The van der Waals surface area contributed by atoms with E-state index in [0.29, 0.717) is 6.04 Å². The number of piperidine rings is 1. The Morgan fingerprint density at radius 3 is 2.89 bits per heavy atom. The second-order valence-electron chi connectivity index (χ2n) is 5.61. The number of hydrogen-bond acceptors (Lipinski definition) is 2. The fourth-order valence-electron chi connectivity index (χ4n) is 2.89. The first-order valence-electron chi connectivity index (χ1n) is 7.39. The summed E-state index contributed by atoms with van der Waals surface area (Å²) in [4.78, 5) is 2.59. The molecule has 1 aromatic carbocycles. The van der Waals surface area contributed by atoms with Crippen LogP contribution in [0.3, 0.4) is 0 Å². The molecule has 2 nitrogen and oxygen atoms in total. The van der Waals surface area contributed by atoms with Crippen LogP contribution in [0.2, 0.25) is 0 Å². The van der Waals surface area contributed by atoms with Crippen molar-refractivity contribution in [2.45, 2.75) is 46.2 Å². The topological polar surface area (TPSA) is 15.3 Å². The van der Waals surface area contributed by atoms with Gasteiger partial charge in [-0.15, -0.1) is 0 Å². The molecule has 3 heteroatoms. The van der Waals surface area contributed by atoms with E-state index in [1.54, 1.807) is 0 Å². The van der Waals surface area contributed by atoms with Gasteiger partial charge in [0.15, 0.2) is 0 Å². The van der Waals surface area contributed by atoms with Gasteiger partial charge in [0, 0.05) is 29.3 Å². The maximum atomic E-state index is 3.62. The minimum absolute atomic E-state index is 0.628. The summed E-state index contributed by atoms with van der Waals surface area (Å²) >= 11 is 3.62. The highest BCUT2D eigenvalue weighted by Gasteiger charge is 2.26. The summed E-state index contributed by atoms with van der Waals surface area (Å²) in [5.41, 5.74) is 2.81. The molecule has 106 valence electrons. The quantitative estimate of drug-likeness (QED) is 0.893. The van der Waals surface area contributed by atoms with Crippen molar-refractivity contribution in [2.75, 3.05) is 18.0 Å². The first kappa shape index (κ1) is 14.9. The Hall–Kier alpha value is -0.540. The van der Waals surface area contributed by atoms with Crippen LogP contribution in [0.4, 0.5) is 5.69 Å². The van der Waals surface area contributed by atoms with E-state index in [1.165, 1.54) is 35.1 Å². The lowest BCUT2D eigenvalue weighted by molar-refractivity contribution is 0.363. The van der Waals surface area contributed by atoms with Crippen LogP contribution in [0.1, 0.15) is 39.2 Å². The molecule has 1 heterocycles. The molecule has 1 N–H and O–H groups in total. The highest BCUT2D eigenvalue weighted by molar-refractivity contribution is 9.10. The lowest BCUT2D eigenvalue weighted by Crippen LogP contribution is -2.43. The summed E-state index contributed by atoms with van der Waals surface area (Å²) in [6.45, 7) is 10.0. The van der Waals surface area contributed by atoms with Gasteiger partial charge in [0.2, 0.25) is 0 Å². The summed E-state index contributed by atoms with van der Waals surface area (Å²) in [7, 11) is 0. The maximum absolute atomic E-state index is 3.62. The molecule has 1 aliphatic heterocycles. The second-order valence-corrected chi connectivity index (χ2v) is 6.52. The van der Waals surface area contributed by atoms with Crippen molar-refractivity contribution < 1.29 is 0 Å². The summed E-state index contributed by atoms with van der Waals surface area (Å²) in [6.07, 6.45) is 2.66. The Morgan fingerprint density at radius 2 is 2.16 bits per heavy atom. The lowest BCUT2D eigenvalue weighted by atomic mass is 9.91. The smallest absolute Gasteiger partial charge is 0.0425 e. The van der Waals surface area contributed by atoms with Crippen molar-refractivity contribution >= 4 is 21.6 Å². The molecule has 0 aliphatic carbocycles. The van der Waals surface area contributed by atoms with Crippen molar-refractivity contribution in [1.29, 1.82) is 0 Å². The molecular weight excluding hydrogens is 300 g/mol. The van der Waals surface area contributed by atoms with Crippen molar-refractivity contribution in [3.63, 3.8) is 0 Å². The van der Waals surface area contributed by atoms with Gasteiger partial charge in [-0.3, -0.25) is 0 Å². The zero-order valence-electron chi connectivity index (χ0n) is 12.2. The molecule has 0 bridgehead atoms. The van der Waals surface area contributed by atoms with Gasteiger partial charge in [-0.1, -0.05) is 35.8 Å². The Bertz CT molecular complexity index is 419. The van der Waals surface area contributed by atoms with Crippen LogP contribution in [0, 0.1) is 5.92 Å². The van der Waals surface area contributed by atoms with Gasteiger partial charge in [-0.25, -0.2) is 0 Å². The minimum Gasteiger partial charge on any atom is -0.368 e. The van der Waals surface area contributed by atoms with Gasteiger partial charge < -0.3 is 10.2 Å². The average molecular weight is 325 g/mol. The van der Waals surface area contributed by atoms with E-state index >= 15 is 0 Å². The first-order chi connectivity index (χ1) is 9.13. The fourth-order valence-corrected chi connectivity index (χ4v) is 3.24. The van der Waals surface area contributed by atoms with E-state index in [4.69, 9.17) is 0 Å². The lowest BCUT2D eigenvalue weighted by Gasteiger charge is -2.40. The molecular formula is C16H25BrN2. The number of hydrogen-bond donors (Lipinski definition) is 1. The molecule has 19 heavy (non-hydrogen) atoms. The number of halogens is 1. The van der Waals surface area contributed by atoms with Crippen LogP contribution < -0.4 is 10.2 Å². The Morgan fingerprint density at radius 1 is 1.37 bits per heavy atom. The van der Waals surface area contributed by atoms with Crippen LogP contribution >= 0.6 is 15.9 Å². The number of rotatable bonds is 4. The fraction of sp³-hybridized carbons (Fsp3) is 0.625. The van der Waals surface area contributed by atoms with Crippen molar-refractivity contribution in [3.05, 3.63) is 28.2 Å². The summed E-state index contributed by atoms with van der Waals surface area (Å²) in [6, 6.07) is 7.30. The normalized spacial score (nSPS) is 23.7. The Labute approximate surface area is 125 Å². The third-order valence-corrected chi connectivity index (χ3v) is 4.79. The number of nitrogens with zero attached hydrogens (tertiary/aromatic N) is 1. The highest BCUT2D eigenvalue weighted by Crippen LogP contribution is 2.32. The molecule has 0 amide bonds. The average Bonchev–Trinajstić information content (AvgIpc) is 2.40. The van der Waals surface area contributed by atoms with Crippen molar-refractivity contribution in [2.24, 2.45) is 5.92 Å². The summed E-state index contributed by atoms with van der Waals surface area (Å²) in [5, 5.41) is 3.45. The van der Waals surface area contributed by atoms with Gasteiger partial charge in [-0.05, 0) is 49.9 Å². The predicted octanol–water partition coefficient (Wildman–Crippen LogP) is 4.18. The third-order valence-electron chi connectivity index (χ3n) is 4.30. The van der Waals surface area contributed by atoms with Crippen LogP contribution in [-0.4, -0.2) is 19.1 Å². The molecule has 1 saturated heterocycles. The monoisotopic (exact) mass is 324 g/mol. The maximum Gasteiger partial charge on any atom is 0.0425 e. The van der Waals surface area contributed by atoms with E-state index in [1.807, 2.05) is 0 Å². The molecule has 1 aliphatic rings. The number of nitrogens with one attached hydrogen (secondary N) is 1. The molecule has 0 aromatic heterocycles. The highest BCUT2D eigenvalue weighted by atomic mass is 79.9. The van der Waals surface area contributed by atoms with E-state index in [9.17, 15) is 0 Å². The van der Waals surface area contributed by atoms with Gasteiger partial charge in [0.25, 0.3) is 0 Å². The van der Waals surface area contributed by atoms with Gasteiger partial charge >= 0.3 is 0 Å². The third kappa shape index (κ3) is 3.51. The van der Waals surface area contributed by atoms with E-state index in [0.717, 1.165) is 19.0 Å². The minimum atomic E-state index is 0.628. The molecule has 0 saturated carbocycles.